The normalized spacial score (nSPS) is 12.5. The molecule has 0 atom stereocenters. The second-order valence-electron chi connectivity index (χ2n) is 7.18. The van der Waals surface area contributed by atoms with E-state index >= 15 is 0 Å². The first kappa shape index (κ1) is 21.6. The van der Waals surface area contributed by atoms with Crippen molar-refractivity contribution in [3.8, 4) is 5.69 Å². The molecule has 0 radical (unpaired) electrons. The molecule has 0 unspecified atom stereocenters. The summed E-state index contributed by atoms with van der Waals surface area (Å²) < 4.78 is 9.53. The fraction of sp³-hybridized carbons (Fsp3) is 0.273. The predicted octanol–water partition coefficient (Wildman–Crippen LogP) is 3.63. The summed E-state index contributed by atoms with van der Waals surface area (Å²) in [5.74, 6) is 0.492. The van der Waals surface area contributed by atoms with Crippen LogP contribution in [0.25, 0.3) is 15.9 Å². The van der Waals surface area contributed by atoms with Crippen molar-refractivity contribution >= 4 is 33.2 Å². The third-order valence-electron chi connectivity index (χ3n) is 4.94. The minimum atomic E-state index is -0.322. The Morgan fingerprint density at radius 1 is 1.12 bits per heavy atom. The molecule has 164 valence electrons. The van der Waals surface area contributed by atoms with Crippen molar-refractivity contribution in [2.24, 2.45) is 17.3 Å². The van der Waals surface area contributed by atoms with E-state index in [9.17, 15) is 4.79 Å². The van der Waals surface area contributed by atoms with Gasteiger partial charge in [-0.1, -0.05) is 31.2 Å². The number of hydrogen-bond donors (Lipinski definition) is 0. The molecule has 2 aromatic heterocycles. The Morgan fingerprint density at radius 3 is 2.66 bits per heavy atom. The highest BCUT2D eigenvalue weighted by molar-refractivity contribution is 7.20. The molecule has 10 heteroatoms. The van der Waals surface area contributed by atoms with E-state index in [0.29, 0.717) is 18.0 Å². The van der Waals surface area contributed by atoms with E-state index in [1.165, 1.54) is 9.36 Å². The summed E-state index contributed by atoms with van der Waals surface area (Å²) in [4.78, 5) is 16.9. The van der Waals surface area contributed by atoms with Gasteiger partial charge in [0.15, 0.2) is 0 Å². The molecule has 4 aromatic rings. The van der Waals surface area contributed by atoms with Crippen molar-refractivity contribution in [1.29, 1.82) is 0 Å². The maximum atomic E-state index is 12.3. The topological polar surface area (TPSA) is 99.5 Å². The zero-order chi connectivity index (χ0) is 22.7. The van der Waals surface area contributed by atoms with Gasteiger partial charge in [0, 0.05) is 19.0 Å². The van der Waals surface area contributed by atoms with Crippen molar-refractivity contribution < 1.29 is 4.74 Å². The third kappa shape index (κ3) is 4.35. The number of ether oxygens (including phenoxy) is 1. The summed E-state index contributed by atoms with van der Waals surface area (Å²) in [5.41, 5.74) is 3.80. The van der Waals surface area contributed by atoms with Gasteiger partial charge >= 0.3 is 5.69 Å². The lowest BCUT2D eigenvalue weighted by Gasteiger charge is -2.13. The van der Waals surface area contributed by atoms with Gasteiger partial charge in [0.05, 0.1) is 21.6 Å². The molecular weight excluding hydrogens is 426 g/mol. The lowest BCUT2D eigenvalue weighted by molar-refractivity contribution is 0.282. The average molecular weight is 450 g/mol. The Labute approximate surface area is 188 Å². The molecule has 0 spiro atoms. The van der Waals surface area contributed by atoms with Crippen LogP contribution in [0, 0.1) is 6.92 Å². The van der Waals surface area contributed by atoms with Crippen LogP contribution in [-0.2, 0) is 18.4 Å². The van der Waals surface area contributed by atoms with Crippen LogP contribution >= 0.6 is 11.3 Å². The average Bonchev–Trinajstić information content (AvgIpc) is 3.38. The summed E-state index contributed by atoms with van der Waals surface area (Å²) >= 11 is 1.58. The van der Waals surface area contributed by atoms with E-state index in [1.54, 1.807) is 18.4 Å². The van der Waals surface area contributed by atoms with Crippen LogP contribution in [-0.4, -0.2) is 36.4 Å². The molecule has 0 aliphatic rings. The van der Waals surface area contributed by atoms with Gasteiger partial charge < -0.3 is 4.74 Å². The first-order valence-corrected chi connectivity index (χ1v) is 11.0. The van der Waals surface area contributed by atoms with E-state index in [4.69, 9.17) is 4.74 Å². The molecule has 0 saturated carbocycles. The van der Waals surface area contributed by atoms with Gasteiger partial charge in [-0.2, -0.15) is 9.36 Å². The Kier molecular flexibility index (Phi) is 6.22. The fourth-order valence-electron chi connectivity index (χ4n) is 3.10. The summed E-state index contributed by atoms with van der Waals surface area (Å²) in [6, 6.07) is 13.6. The number of nitrogens with zero attached hydrogens (tertiary/aromatic N) is 7. The maximum absolute atomic E-state index is 12.3. The van der Waals surface area contributed by atoms with Crippen molar-refractivity contribution in [1.82, 2.24) is 24.8 Å². The molecule has 0 amide bonds. The van der Waals surface area contributed by atoms with Crippen LogP contribution in [0.15, 0.2) is 57.5 Å². The quantitative estimate of drug-likeness (QED) is 0.254. The number of benzene rings is 2. The molecular formula is C22H23N7O2S. The summed E-state index contributed by atoms with van der Waals surface area (Å²) in [7, 11) is 1.56. The molecule has 9 nitrogen and oxygen atoms in total. The molecule has 0 aliphatic carbocycles. The van der Waals surface area contributed by atoms with Gasteiger partial charge in [0.25, 0.3) is 0 Å². The van der Waals surface area contributed by atoms with E-state index < -0.39 is 0 Å². The number of thiazole rings is 1. The van der Waals surface area contributed by atoms with Gasteiger partial charge in [-0.15, -0.1) is 21.5 Å². The zero-order valence-corrected chi connectivity index (χ0v) is 19.1. The zero-order valence-electron chi connectivity index (χ0n) is 18.3. The molecule has 0 N–H and O–H groups in total. The number of fused-ring (bicyclic) bond motifs is 1. The molecule has 32 heavy (non-hydrogen) atoms. The molecule has 0 fully saturated rings. The molecule has 0 saturated heterocycles. The number of aromatic nitrogens is 5. The standard InChI is InChI=1S/C22H23N7O2S/c1-5-20(25-24-15(3)21-23-17-10-6-7-12-19(17)32-21)31-13-16-14(2)9-8-11-18(16)29-22(30)28(4)26-27-29/h6-12H,5,13H2,1-4H3. The van der Waals surface area contributed by atoms with Crippen molar-refractivity contribution in [2.75, 3.05) is 0 Å². The lowest BCUT2D eigenvalue weighted by atomic mass is 10.1. The van der Waals surface area contributed by atoms with Crippen molar-refractivity contribution in [3.63, 3.8) is 0 Å². The number of tetrazole rings is 1. The largest absolute Gasteiger partial charge is 0.475 e. The molecule has 0 aliphatic heterocycles. The van der Waals surface area contributed by atoms with Crippen LogP contribution < -0.4 is 5.69 Å². The Balaban J connectivity index is 1.56. The lowest BCUT2D eigenvalue weighted by Crippen LogP contribution is -2.23. The van der Waals surface area contributed by atoms with Gasteiger partial charge in [0.1, 0.15) is 11.6 Å². The summed E-state index contributed by atoms with van der Waals surface area (Å²) in [6.07, 6.45) is 0.572. The molecule has 4 rings (SSSR count). The molecule has 2 aromatic carbocycles. The minimum Gasteiger partial charge on any atom is -0.475 e. The van der Waals surface area contributed by atoms with Crippen LogP contribution in [0.2, 0.25) is 0 Å². The van der Waals surface area contributed by atoms with Gasteiger partial charge in [-0.25, -0.2) is 9.78 Å². The van der Waals surface area contributed by atoms with Gasteiger partial charge in [0.2, 0.25) is 5.90 Å². The van der Waals surface area contributed by atoms with Crippen molar-refractivity contribution in [3.05, 3.63) is 69.1 Å². The highest BCUT2D eigenvalue weighted by Crippen LogP contribution is 2.22. The highest BCUT2D eigenvalue weighted by atomic mass is 32.1. The van der Waals surface area contributed by atoms with E-state index in [0.717, 1.165) is 32.1 Å². The summed E-state index contributed by atoms with van der Waals surface area (Å²) in [6.45, 7) is 6.02. The highest BCUT2D eigenvalue weighted by Gasteiger charge is 2.14. The molecule has 2 heterocycles. The summed E-state index contributed by atoms with van der Waals surface area (Å²) in [5, 5.41) is 17.2. The second-order valence-corrected chi connectivity index (χ2v) is 8.21. The monoisotopic (exact) mass is 449 g/mol. The first-order valence-electron chi connectivity index (χ1n) is 10.2. The Hall–Kier alpha value is -3.66. The first-order chi connectivity index (χ1) is 15.5. The maximum Gasteiger partial charge on any atom is 0.368 e. The van der Waals surface area contributed by atoms with Crippen LogP contribution in [0.5, 0.6) is 0 Å². The van der Waals surface area contributed by atoms with Crippen molar-refractivity contribution in [2.45, 2.75) is 33.8 Å². The van der Waals surface area contributed by atoms with Crippen LogP contribution in [0.4, 0.5) is 0 Å². The number of para-hydroxylation sites is 1. The Morgan fingerprint density at radius 2 is 1.94 bits per heavy atom. The van der Waals surface area contributed by atoms with E-state index in [-0.39, 0.29) is 12.3 Å². The predicted molar refractivity (Wildman–Crippen MR) is 126 cm³/mol. The minimum absolute atomic E-state index is 0.230. The van der Waals surface area contributed by atoms with Gasteiger partial charge in [-0.05, 0) is 48.0 Å². The fourth-order valence-corrected chi connectivity index (χ4v) is 4.00. The van der Waals surface area contributed by atoms with E-state index in [1.807, 2.05) is 63.2 Å². The Bertz CT molecular complexity index is 1350. The second kappa shape index (κ2) is 9.23. The van der Waals surface area contributed by atoms with Crippen LogP contribution in [0.3, 0.4) is 0 Å². The SMILES string of the molecule is CCC(=NN=C(C)c1nc2ccccc2s1)OCc1c(C)cccc1-n1nnn(C)c1=O. The smallest absolute Gasteiger partial charge is 0.368 e. The van der Waals surface area contributed by atoms with E-state index in [2.05, 4.69) is 25.6 Å². The van der Waals surface area contributed by atoms with Crippen LogP contribution in [0.1, 0.15) is 36.4 Å². The molecule has 0 bridgehead atoms. The number of rotatable bonds is 6. The number of hydrogen-bond acceptors (Lipinski definition) is 8. The number of aryl methyl sites for hydroxylation is 2. The van der Waals surface area contributed by atoms with Gasteiger partial charge in [-0.3, -0.25) is 0 Å². The third-order valence-corrected chi connectivity index (χ3v) is 6.08.